The van der Waals surface area contributed by atoms with Gasteiger partial charge in [-0.15, -0.1) is 0 Å². The second kappa shape index (κ2) is 11.0. The van der Waals surface area contributed by atoms with Crippen molar-refractivity contribution in [1.29, 1.82) is 0 Å². The van der Waals surface area contributed by atoms with Crippen LogP contribution in [0.2, 0.25) is 10.0 Å². The van der Waals surface area contributed by atoms with E-state index in [4.69, 9.17) is 27.9 Å². The Morgan fingerprint density at radius 2 is 1.67 bits per heavy atom. The summed E-state index contributed by atoms with van der Waals surface area (Å²) in [4.78, 5) is 12.6. The molecule has 3 aromatic rings. The lowest BCUT2D eigenvalue weighted by molar-refractivity contribution is -0.114. The first-order chi connectivity index (χ1) is 16.8. The topological polar surface area (TPSA) is 122 Å². The molecule has 0 spiro atoms. The number of hydrogen-bond donors (Lipinski definition) is 2. The molecule has 0 bridgehead atoms. The highest BCUT2D eigenvalue weighted by Crippen LogP contribution is 2.33. The number of aryl methyl sites for hydroxylation is 1. The quantitative estimate of drug-likeness (QED) is 0.389. The highest BCUT2D eigenvalue weighted by atomic mass is 35.5. The highest BCUT2D eigenvalue weighted by molar-refractivity contribution is 7.92. The van der Waals surface area contributed by atoms with Gasteiger partial charge in [0.25, 0.3) is 10.0 Å². The van der Waals surface area contributed by atoms with E-state index in [0.717, 1.165) is 16.1 Å². The zero-order chi connectivity index (χ0) is 26.7. The summed E-state index contributed by atoms with van der Waals surface area (Å²) in [6.07, 6.45) is 0.938. The fourth-order valence-corrected chi connectivity index (χ4v) is 5.59. The highest BCUT2D eigenvalue weighted by Gasteiger charge is 2.24. The monoisotopic (exact) mass is 571 g/mol. The van der Waals surface area contributed by atoms with E-state index in [1.165, 1.54) is 49.6 Å². The van der Waals surface area contributed by atoms with Gasteiger partial charge in [-0.2, -0.15) is 0 Å². The van der Waals surface area contributed by atoms with Crippen LogP contribution in [-0.4, -0.2) is 42.7 Å². The summed E-state index contributed by atoms with van der Waals surface area (Å²) in [5.74, 6) is -0.307. The Labute approximate surface area is 220 Å². The Hall–Kier alpha value is -2.99. The summed E-state index contributed by atoms with van der Waals surface area (Å²) >= 11 is 12.1. The number of hydrogen-bond acceptors (Lipinski definition) is 6. The van der Waals surface area contributed by atoms with Crippen LogP contribution in [0, 0.1) is 6.92 Å². The smallest absolute Gasteiger partial charge is 0.262 e. The molecule has 0 heterocycles. The molecule has 3 aromatic carbocycles. The van der Waals surface area contributed by atoms with Gasteiger partial charge >= 0.3 is 0 Å². The molecule has 36 heavy (non-hydrogen) atoms. The number of methoxy groups -OCH3 is 1. The average Bonchev–Trinajstić information content (AvgIpc) is 2.79. The predicted molar refractivity (Wildman–Crippen MR) is 142 cm³/mol. The second-order valence-corrected chi connectivity index (χ2v) is 12.1. The molecule has 192 valence electrons. The van der Waals surface area contributed by atoms with Crippen LogP contribution >= 0.6 is 23.2 Å². The molecule has 2 N–H and O–H groups in total. The third kappa shape index (κ3) is 6.61. The standard InChI is InChI=1S/C23H23Cl2N3O6S2/c1-15-7-12-21(34-2)19(13-15)27-36(32,33)17-10-8-16(9-11-17)26-22(29)14-28(35(3,30)31)20-6-4-5-18(24)23(20)25/h4-13,27H,14H2,1-3H3,(H,26,29). The normalized spacial score (nSPS) is 11.6. The molecule has 0 unspecified atom stereocenters. The van der Waals surface area contributed by atoms with Gasteiger partial charge in [0.05, 0.1) is 39.7 Å². The van der Waals surface area contributed by atoms with Crippen molar-refractivity contribution in [3.05, 3.63) is 76.3 Å². The lowest BCUT2D eigenvalue weighted by Crippen LogP contribution is -2.37. The molecule has 0 aliphatic carbocycles. The molecule has 0 aliphatic heterocycles. The maximum Gasteiger partial charge on any atom is 0.262 e. The number of benzene rings is 3. The van der Waals surface area contributed by atoms with Gasteiger partial charge in [-0.1, -0.05) is 35.3 Å². The number of carbonyl (C=O) groups is 1. The molecule has 0 fully saturated rings. The van der Waals surface area contributed by atoms with E-state index in [0.29, 0.717) is 5.75 Å². The minimum absolute atomic E-state index is 0.00954. The number of amides is 1. The molecule has 0 saturated heterocycles. The van der Waals surface area contributed by atoms with Crippen molar-refractivity contribution in [1.82, 2.24) is 0 Å². The number of nitrogens with one attached hydrogen (secondary N) is 2. The molecule has 13 heteroatoms. The first-order valence-corrected chi connectivity index (χ1v) is 14.4. The minimum Gasteiger partial charge on any atom is -0.495 e. The van der Waals surface area contributed by atoms with Gasteiger partial charge < -0.3 is 10.1 Å². The van der Waals surface area contributed by atoms with Gasteiger partial charge in [0.1, 0.15) is 12.3 Å². The number of sulfonamides is 2. The van der Waals surface area contributed by atoms with Gasteiger partial charge in [0, 0.05) is 5.69 Å². The summed E-state index contributed by atoms with van der Waals surface area (Å²) in [6, 6.07) is 14.9. The van der Waals surface area contributed by atoms with E-state index in [-0.39, 0.29) is 32.0 Å². The lowest BCUT2D eigenvalue weighted by atomic mass is 10.2. The Balaban J connectivity index is 1.76. The molecule has 0 aromatic heterocycles. The summed E-state index contributed by atoms with van der Waals surface area (Å²) in [5.41, 5.74) is 1.45. The van der Waals surface area contributed by atoms with E-state index in [9.17, 15) is 21.6 Å². The van der Waals surface area contributed by atoms with Crippen molar-refractivity contribution in [2.45, 2.75) is 11.8 Å². The van der Waals surface area contributed by atoms with E-state index >= 15 is 0 Å². The van der Waals surface area contributed by atoms with Gasteiger partial charge in [-0.25, -0.2) is 16.8 Å². The van der Waals surface area contributed by atoms with Crippen LogP contribution in [0.15, 0.2) is 65.6 Å². The average molecular weight is 572 g/mol. The lowest BCUT2D eigenvalue weighted by Gasteiger charge is -2.23. The largest absolute Gasteiger partial charge is 0.495 e. The second-order valence-electron chi connectivity index (χ2n) is 7.72. The van der Waals surface area contributed by atoms with Crippen LogP contribution in [0.4, 0.5) is 17.1 Å². The molecule has 0 saturated carbocycles. The van der Waals surface area contributed by atoms with Gasteiger partial charge in [0.15, 0.2) is 0 Å². The molecule has 3 rings (SSSR count). The molecule has 0 aliphatic rings. The minimum atomic E-state index is -3.95. The Morgan fingerprint density at radius 1 is 1.00 bits per heavy atom. The molecular formula is C23H23Cl2N3O6S2. The van der Waals surface area contributed by atoms with Crippen LogP contribution < -0.4 is 19.1 Å². The number of nitrogens with zero attached hydrogens (tertiary/aromatic N) is 1. The number of rotatable bonds is 9. The van der Waals surface area contributed by atoms with Crippen LogP contribution in [0.1, 0.15) is 5.56 Å². The summed E-state index contributed by atoms with van der Waals surface area (Å²) in [6.45, 7) is 1.24. The van der Waals surface area contributed by atoms with Crippen molar-refractivity contribution in [3.63, 3.8) is 0 Å². The fraction of sp³-hybridized carbons (Fsp3) is 0.174. The number of carbonyl (C=O) groups excluding carboxylic acids is 1. The van der Waals surface area contributed by atoms with Crippen LogP contribution in [-0.2, 0) is 24.8 Å². The number of anilines is 3. The predicted octanol–water partition coefficient (Wildman–Crippen LogP) is 4.52. The fourth-order valence-electron chi connectivity index (χ4n) is 3.22. The number of halogens is 2. The maximum atomic E-state index is 12.8. The van der Waals surface area contributed by atoms with Crippen molar-refractivity contribution in [3.8, 4) is 5.75 Å². The summed E-state index contributed by atoms with van der Waals surface area (Å²) in [7, 11) is -6.39. The summed E-state index contributed by atoms with van der Waals surface area (Å²) in [5, 5.41) is 2.67. The van der Waals surface area contributed by atoms with E-state index < -0.39 is 32.5 Å². The Kier molecular flexibility index (Phi) is 8.40. The van der Waals surface area contributed by atoms with Crippen molar-refractivity contribution >= 4 is 66.2 Å². The summed E-state index contributed by atoms with van der Waals surface area (Å²) < 4.78 is 58.8. The molecule has 1 amide bonds. The van der Waals surface area contributed by atoms with E-state index in [1.54, 1.807) is 18.2 Å². The molecule has 0 radical (unpaired) electrons. The zero-order valence-corrected chi connectivity index (χ0v) is 22.6. The van der Waals surface area contributed by atoms with Crippen molar-refractivity contribution in [2.24, 2.45) is 0 Å². The molecular weight excluding hydrogens is 549 g/mol. The zero-order valence-electron chi connectivity index (χ0n) is 19.4. The molecule has 0 atom stereocenters. The Morgan fingerprint density at radius 3 is 2.28 bits per heavy atom. The van der Waals surface area contributed by atoms with Crippen LogP contribution in [0.3, 0.4) is 0 Å². The first-order valence-electron chi connectivity index (χ1n) is 10.3. The van der Waals surface area contributed by atoms with Gasteiger partial charge in [-0.3, -0.25) is 13.8 Å². The molecule has 9 nitrogen and oxygen atoms in total. The van der Waals surface area contributed by atoms with Crippen LogP contribution in [0.5, 0.6) is 5.75 Å². The Bertz CT molecular complexity index is 1490. The number of ether oxygens (including phenoxy) is 1. The van der Waals surface area contributed by atoms with E-state index in [1.807, 2.05) is 6.92 Å². The van der Waals surface area contributed by atoms with E-state index in [2.05, 4.69) is 10.0 Å². The van der Waals surface area contributed by atoms with Gasteiger partial charge in [0.2, 0.25) is 15.9 Å². The van der Waals surface area contributed by atoms with Gasteiger partial charge in [-0.05, 0) is 61.0 Å². The van der Waals surface area contributed by atoms with Crippen molar-refractivity contribution in [2.75, 3.05) is 34.3 Å². The third-order valence-electron chi connectivity index (χ3n) is 4.94. The maximum absolute atomic E-state index is 12.8. The SMILES string of the molecule is COc1ccc(C)cc1NS(=O)(=O)c1ccc(NC(=O)CN(c2cccc(Cl)c2Cl)S(C)(=O)=O)cc1. The third-order valence-corrected chi connectivity index (χ3v) is 8.25. The van der Waals surface area contributed by atoms with Crippen molar-refractivity contribution < 1.29 is 26.4 Å². The first kappa shape index (κ1) is 27.6. The van der Waals surface area contributed by atoms with Crippen LogP contribution in [0.25, 0.3) is 0 Å².